The maximum Gasteiger partial charge on any atom is 0.126 e. The van der Waals surface area contributed by atoms with E-state index in [1.807, 2.05) is 24.3 Å². The van der Waals surface area contributed by atoms with Crippen LogP contribution in [0.1, 0.15) is 50.2 Å². The molecule has 1 aromatic rings. The summed E-state index contributed by atoms with van der Waals surface area (Å²) in [7, 11) is 0. The van der Waals surface area contributed by atoms with E-state index in [-0.39, 0.29) is 12.1 Å². The second-order valence-electron chi connectivity index (χ2n) is 5.74. The zero-order valence-corrected chi connectivity index (χ0v) is 11.8. The van der Waals surface area contributed by atoms with Gasteiger partial charge in [-0.2, -0.15) is 0 Å². The molecule has 1 fully saturated rings. The fourth-order valence-corrected chi connectivity index (χ4v) is 2.69. The summed E-state index contributed by atoms with van der Waals surface area (Å²) in [6, 6.07) is 5.83. The van der Waals surface area contributed by atoms with Crippen LogP contribution >= 0.6 is 0 Å². The highest BCUT2D eigenvalue weighted by atomic mass is 16.3. The van der Waals surface area contributed by atoms with Gasteiger partial charge >= 0.3 is 0 Å². The third kappa shape index (κ3) is 2.99. The molecule has 0 bridgehead atoms. The van der Waals surface area contributed by atoms with E-state index in [4.69, 9.17) is 11.5 Å². The highest BCUT2D eigenvalue weighted by molar-refractivity contribution is 5.63. The standard InChI is InChI=1S/C16H24N2O/c1-10(2)13-7-3-6-12(16(13)19)9-11-5-4-8-14(17)15(11)18/h3,6-7,9-10,14-15,19H,4-5,8,17-18H2,1-2H3. The van der Waals surface area contributed by atoms with Gasteiger partial charge in [0.2, 0.25) is 0 Å². The molecule has 2 unspecified atom stereocenters. The fraction of sp³-hybridized carbons (Fsp3) is 0.500. The Morgan fingerprint density at radius 1 is 1.32 bits per heavy atom. The van der Waals surface area contributed by atoms with Crippen LogP contribution in [-0.4, -0.2) is 17.2 Å². The van der Waals surface area contributed by atoms with Crippen molar-refractivity contribution in [2.75, 3.05) is 0 Å². The van der Waals surface area contributed by atoms with Gasteiger partial charge in [-0.05, 0) is 30.7 Å². The van der Waals surface area contributed by atoms with Crippen LogP contribution in [0.15, 0.2) is 23.8 Å². The van der Waals surface area contributed by atoms with Crippen molar-refractivity contribution in [3.63, 3.8) is 0 Å². The number of para-hydroxylation sites is 1. The molecule has 3 heteroatoms. The summed E-state index contributed by atoms with van der Waals surface area (Å²) in [4.78, 5) is 0. The summed E-state index contributed by atoms with van der Waals surface area (Å²) in [6.07, 6.45) is 5.05. The highest BCUT2D eigenvalue weighted by Crippen LogP contribution is 2.32. The molecule has 0 heterocycles. The number of phenols is 1. The Kier molecular flexibility index (Phi) is 4.27. The van der Waals surface area contributed by atoms with E-state index in [2.05, 4.69) is 13.8 Å². The molecule has 1 aliphatic carbocycles. The minimum atomic E-state index is -0.0872. The van der Waals surface area contributed by atoms with Gasteiger partial charge in [0, 0.05) is 17.6 Å². The molecule has 0 spiro atoms. The molecule has 3 nitrogen and oxygen atoms in total. The van der Waals surface area contributed by atoms with Crippen LogP contribution in [0.5, 0.6) is 5.75 Å². The van der Waals surface area contributed by atoms with Crippen LogP contribution in [0.25, 0.3) is 6.08 Å². The maximum atomic E-state index is 10.3. The number of phenolic OH excluding ortho intramolecular Hbond substituents is 1. The SMILES string of the molecule is CC(C)c1cccc(C=C2CCCC(N)C2N)c1O. The maximum absolute atomic E-state index is 10.3. The number of hydrogen-bond donors (Lipinski definition) is 3. The van der Waals surface area contributed by atoms with Gasteiger partial charge in [-0.1, -0.05) is 43.7 Å². The molecule has 2 atom stereocenters. The van der Waals surface area contributed by atoms with E-state index in [0.717, 1.165) is 36.0 Å². The van der Waals surface area contributed by atoms with Gasteiger partial charge in [-0.25, -0.2) is 0 Å². The Morgan fingerprint density at radius 3 is 2.74 bits per heavy atom. The van der Waals surface area contributed by atoms with Crippen LogP contribution in [0.2, 0.25) is 0 Å². The van der Waals surface area contributed by atoms with Gasteiger partial charge in [0.15, 0.2) is 0 Å². The second-order valence-corrected chi connectivity index (χ2v) is 5.74. The Labute approximate surface area is 115 Å². The molecule has 2 rings (SSSR count). The summed E-state index contributed by atoms with van der Waals surface area (Å²) in [5.41, 5.74) is 15.1. The molecule has 104 valence electrons. The lowest BCUT2D eigenvalue weighted by atomic mass is 9.85. The van der Waals surface area contributed by atoms with Gasteiger partial charge in [0.05, 0.1) is 0 Å². The minimum absolute atomic E-state index is 0.0374. The van der Waals surface area contributed by atoms with Crippen molar-refractivity contribution in [1.29, 1.82) is 0 Å². The predicted molar refractivity (Wildman–Crippen MR) is 80.0 cm³/mol. The fourth-order valence-electron chi connectivity index (χ4n) is 2.69. The molecule has 1 aromatic carbocycles. The number of aromatic hydroxyl groups is 1. The first-order valence-electron chi connectivity index (χ1n) is 7.04. The molecule has 1 saturated carbocycles. The lowest BCUT2D eigenvalue weighted by molar-refractivity contribution is 0.459. The molecular formula is C16H24N2O. The first kappa shape index (κ1) is 14.1. The average Bonchev–Trinajstić information content (AvgIpc) is 2.37. The third-order valence-corrected chi connectivity index (χ3v) is 3.95. The molecule has 0 amide bonds. The molecule has 0 aromatic heterocycles. The topological polar surface area (TPSA) is 72.3 Å². The molecule has 0 radical (unpaired) electrons. The largest absolute Gasteiger partial charge is 0.507 e. The monoisotopic (exact) mass is 260 g/mol. The van der Waals surface area contributed by atoms with E-state index in [9.17, 15) is 5.11 Å². The van der Waals surface area contributed by atoms with Crippen molar-refractivity contribution in [2.24, 2.45) is 11.5 Å². The molecule has 0 aliphatic heterocycles. The van der Waals surface area contributed by atoms with Gasteiger partial charge in [-0.15, -0.1) is 0 Å². The lowest BCUT2D eigenvalue weighted by Gasteiger charge is -2.28. The van der Waals surface area contributed by atoms with Crippen molar-refractivity contribution in [3.8, 4) is 5.75 Å². The van der Waals surface area contributed by atoms with Crippen LogP contribution in [0.3, 0.4) is 0 Å². The van der Waals surface area contributed by atoms with Crippen molar-refractivity contribution >= 4 is 6.08 Å². The first-order chi connectivity index (χ1) is 9.00. The number of hydrogen-bond acceptors (Lipinski definition) is 3. The second kappa shape index (κ2) is 5.76. The zero-order valence-electron chi connectivity index (χ0n) is 11.8. The van der Waals surface area contributed by atoms with Gasteiger partial charge in [-0.3, -0.25) is 0 Å². The zero-order chi connectivity index (χ0) is 14.0. The molecule has 0 saturated heterocycles. The Balaban J connectivity index is 2.35. The van der Waals surface area contributed by atoms with Crippen LogP contribution in [0, 0.1) is 0 Å². The first-order valence-corrected chi connectivity index (χ1v) is 7.04. The van der Waals surface area contributed by atoms with E-state index in [1.165, 1.54) is 0 Å². The van der Waals surface area contributed by atoms with E-state index < -0.39 is 0 Å². The van der Waals surface area contributed by atoms with Crippen molar-refractivity contribution in [3.05, 3.63) is 34.9 Å². The van der Waals surface area contributed by atoms with Gasteiger partial charge < -0.3 is 16.6 Å². The quantitative estimate of drug-likeness (QED) is 0.765. The summed E-state index contributed by atoms with van der Waals surface area (Å²) in [5, 5.41) is 10.3. The molecule has 19 heavy (non-hydrogen) atoms. The predicted octanol–water partition coefficient (Wildman–Crippen LogP) is 2.74. The van der Waals surface area contributed by atoms with Gasteiger partial charge in [0.25, 0.3) is 0 Å². The molecule has 1 aliphatic rings. The summed E-state index contributed by atoms with van der Waals surface area (Å²) in [5.74, 6) is 0.678. The summed E-state index contributed by atoms with van der Waals surface area (Å²) < 4.78 is 0. The summed E-state index contributed by atoms with van der Waals surface area (Å²) in [6.45, 7) is 4.16. The molecular weight excluding hydrogens is 236 g/mol. The van der Waals surface area contributed by atoms with E-state index >= 15 is 0 Å². The Hall–Kier alpha value is -1.32. The van der Waals surface area contributed by atoms with Crippen molar-refractivity contribution in [2.45, 2.75) is 51.1 Å². The van der Waals surface area contributed by atoms with E-state index in [1.54, 1.807) is 0 Å². The van der Waals surface area contributed by atoms with Crippen molar-refractivity contribution in [1.82, 2.24) is 0 Å². The van der Waals surface area contributed by atoms with Crippen LogP contribution in [-0.2, 0) is 0 Å². The number of nitrogens with two attached hydrogens (primary N) is 2. The third-order valence-electron chi connectivity index (χ3n) is 3.95. The molecule has 5 N–H and O–H groups in total. The van der Waals surface area contributed by atoms with Gasteiger partial charge in [0.1, 0.15) is 5.75 Å². The normalized spacial score (nSPS) is 26.1. The summed E-state index contributed by atoms with van der Waals surface area (Å²) >= 11 is 0. The minimum Gasteiger partial charge on any atom is -0.507 e. The van der Waals surface area contributed by atoms with Crippen LogP contribution in [0.4, 0.5) is 0 Å². The Morgan fingerprint density at radius 2 is 2.05 bits per heavy atom. The smallest absolute Gasteiger partial charge is 0.126 e. The average molecular weight is 260 g/mol. The van der Waals surface area contributed by atoms with Crippen LogP contribution < -0.4 is 11.5 Å². The van der Waals surface area contributed by atoms with Crippen molar-refractivity contribution < 1.29 is 5.11 Å². The highest BCUT2D eigenvalue weighted by Gasteiger charge is 2.22. The lowest BCUT2D eigenvalue weighted by Crippen LogP contribution is -2.45. The Bertz CT molecular complexity index is 480. The number of benzene rings is 1. The number of rotatable bonds is 2. The van der Waals surface area contributed by atoms with E-state index in [0.29, 0.717) is 11.7 Å².